The summed E-state index contributed by atoms with van der Waals surface area (Å²) < 4.78 is 0. The summed E-state index contributed by atoms with van der Waals surface area (Å²) >= 11 is 0. The Morgan fingerprint density at radius 3 is 2.38 bits per heavy atom. The third-order valence-electron chi connectivity index (χ3n) is 3.95. The molecule has 1 atom stereocenters. The normalized spacial score (nSPS) is 12.4. The van der Waals surface area contributed by atoms with Gasteiger partial charge < -0.3 is 0 Å². The highest BCUT2D eigenvalue weighted by Gasteiger charge is 2.12. The average molecular weight is 291 g/mol. The van der Waals surface area contributed by atoms with Gasteiger partial charge >= 0.3 is 0 Å². The summed E-state index contributed by atoms with van der Waals surface area (Å²) in [6.07, 6.45) is 3.96. The van der Waals surface area contributed by atoms with Gasteiger partial charge in [-0.25, -0.2) is 5.84 Å². The summed E-state index contributed by atoms with van der Waals surface area (Å²) in [5.41, 5.74) is 4.44. The van der Waals surface area contributed by atoms with Crippen molar-refractivity contribution in [3.05, 3.63) is 35.4 Å². The van der Waals surface area contributed by atoms with Crippen molar-refractivity contribution in [2.24, 2.45) is 5.84 Å². The van der Waals surface area contributed by atoms with E-state index in [0.717, 1.165) is 18.7 Å². The number of unbranched alkanes of at least 4 members (excludes halogenated alkanes) is 1. The second-order valence-corrected chi connectivity index (χ2v) is 5.64. The van der Waals surface area contributed by atoms with Crippen molar-refractivity contribution in [3.8, 4) is 0 Å². The van der Waals surface area contributed by atoms with Crippen LogP contribution in [-0.2, 0) is 17.8 Å². The van der Waals surface area contributed by atoms with E-state index in [4.69, 9.17) is 5.84 Å². The molecule has 0 aliphatic rings. The molecule has 0 radical (unpaired) electrons. The van der Waals surface area contributed by atoms with Gasteiger partial charge in [-0.15, -0.1) is 0 Å². The predicted molar refractivity (Wildman–Crippen MR) is 87.5 cm³/mol. The lowest BCUT2D eigenvalue weighted by atomic mass is 10.1. The Balaban J connectivity index is 2.64. The number of carbonyl (C=O) groups excluding carboxylic acids is 1. The van der Waals surface area contributed by atoms with Crippen LogP contribution in [0.4, 0.5) is 0 Å². The molecule has 1 unspecified atom stereocenters. The van der Waals surface area contributed by atoms with Crippen LogP contribution in [-0.4, -0.2) is 23.4 Å². The van der Waals surface area contributed by atoms with Crippen molar-refractivity contribution in [2.75, 3.05) is 6.54 Å². The molecular weight excluding hydrogens is 262 g/mol. The molecule has 0 heterocycles. The van der Waals surface area contributed by atoms with E-state index in [1.807, 2.05) is 12.1 Å². The minimum Gasteiger partial charge on any atom is -0.296 e. The molecule has 0 spiro atoms. The molecule has 1 aromatic carbocycles. The van der Waals surface area contributed by atoms with Gasteiger partial charge in [0.2, 0.25) is 5.91 Å². The van der Waals surface area contributed by atoms with Crippen molar-refractivity contribution in [2.45, 2.75) is 59.0 Å². The maximum absolute atomic E-state index is 11.2. The quantitative estimate of drug-likeness (QED) is 0.418. The maximum atomic E-state index is 11.2. The van der Waals surface area contributed by atoms with Crippen LogP contribution in [0.15, 0.2) is 24.3 Å². The van der Waals surface area contributed by atoms with Gasteiger partial charge in [0, 0.05) is 12.6 Å². The van der Waals surface area contributed by atoms with Crippen LogP contribution in [0.25, 0.3) is 0 Å². The molecule has 0 saturated carbocycles. The number of nitrogens with one attached hydrogen (secondary N) is 1. The van der Waals surface area contributed by atoms with Crippen LogP contribution < -0.4 is 11.3 Å². The zero-order chi connectivity index (χ0) is 15.7. The fourth-order valence-electron chi connectivity index (χ4n) is 2.31. The van der Waals surface area contributed by atoms with E-state index in [1.165, 1.54) is 24.8 Å². The van der Waals surface area contributed by atoms with Crippen LogP contribution in [0.5, 0.6) is 0 Å². The summed E-state index contributed by atoms with van der Waals surface area (Å²) in [5.74, 6) is 4.94. The molecule has 118 valence electrons. The first-order valence-corrected chi connectivity index (χ1v) is 7.92. The zero-order valence-electron chi connectivity index (χ0n) is 13.6. The smallest absolute Gasteiger partial charge is 0.238 e. The average Bonchev–Trinajstić information content (AvgIpc) is 2.52. The molecule has 1 amide bonds. The number of rotatable bonds is 9. The van der Waals surface area contributed by atoms with Crippen LogP contribution >= 0.6 is 0 Å². The Hall–Kier alpha value is -1.39. The highest BCUT2D eigenvalue weighted by molar-refractivity contribution is 5.77. The first kappa shape index (κ1) is 17.7. The largest absolute Gasteiger partial charge is 0.296 e. The van der Waals surface area contributed by atoms with Crippen LogP contribution in [0.2, 0.25) is 0 Å². The van der Waals surface area contributed by atoms with Crippen LogP contribution in [0, 0.1) is 0 Å². The van der Waals surface area contributed by atoms with Gasteiger partial charge in [-0.3, -0.25) is 15.1 Å². The summed E-state index contributed by atoms with van der Waals surface area (Å²) in [7, 11) is 0. The summed E-state index contributed by atoms with van der Waals surface area (Å²) in [5, 5.41) is 0. The minimum atomic E-state index is -0.160. The number of hydrazine groups is 1. The first-order valence-electron chi connectivity index (χ1n) is 7.92. The van der Waals surface area contributed by atoms with Crippen molar-refractivity contribution in [3.63, 3.8) is 0 Å². The first-order chi connectivity index (χ1) is 10.1. The highest BCUT2D eigenvalue weighted by atomic mass is 16.2. The third kappa shape index (κ3) is 6.27. The molecule has 0 bridgehead atoms. The summed E-state index contributed by atoms with van der Waals surface area (Å²) in [6, 6.07) is 8.85. The third-order valence-corrected chi connectivity index (χ3v) is 3.95. The number of amides is 1. The number of carbonyl (C=O) groups is 1. The molecule has 4 nitrogen and oxygen atoms in total. The number of nitrogens with two attached hydrogens (primary N) is 1. The molecule has 0 fully saturated rings. The molecule has 3 N–H and O–H groups in total. The van der Waals surface area contributed by atoms with Crippen LogP contribution in [0.3, 0.4) is 0 Å². The second kappa shape index (κ2) is 9.53. The van der Waals surface area contributed by atoms with Crippen molar-refractivity contribution >= 4 is 5.91 Å². The molecule has 0 aromatic heterocycles. The van der Waals surface area contributed by atoms with E-state index >= 15 is 0 Å². The lowest BCUT2D eigenvalue weighted by molar-refractivity contribution is -0.120. The summed E-state index contributed by atoms with van der Waals surface area (Å²) in [6.45, 7) is 8.86. The van der Waals surface area contributed by atoms with Gasteiger partial charge in [-0.1, -0.05) is 44.5 Å². The molecule has 4 heteroatoms. The Kier molecular flexibility index (Phi) is 8.01. The number of hydrogen-bond donors (Lipinski definition) is 2. The van der Waals surface area contributed by atoms with Crippen molar-refractivity contribution in [1.29, 1.82) is 0 Å². The van der Waals surface area contributed by atoms with E-state index in [-0.39, 0.29) is 5.91 Å². The van der Waals surface area contributed by atoms with Gasteiger partial charge in [0.15, 0.2) is 0 Å². The maximum Gasteiger partial charge on any atom is 0.238 e. The van der Waals surface area contributed by atoms with Gasteiger partial charge in [-0.05, 0) is 37.4 Å². The fourth-order valence-corrected chi connectivity index (χ4v) is 2.31. The second-order valence-electron chi connectivity index (χ2n) is 5.64. The highest BCUT2D eigenvalue weighted by Crippen LogP contribution is 2.13. The van der Waals surface area contributed by atoms with Gasteiger partial charge in [0.25, 0.3) is 0 Å². The van der Waals surface area contributed by atoms with Crippen LogP contribution in [0.1, 0.15) is 51.2 Å². The lowest BCUT2D eigenvalue weighted by Crippen LogP contribution is -2.33. The molecular formula is C17H29N3O. The standard InChI is InChI=1S/C17H29N3O/c1-4-6-11-20(14(3)5-2)13-16-9-7-15(8-10-16)12-17(21)19-18/h7-10,14H,4-6,11-13,18H2,1-3H3,(H,19,21). The zero-order valence-corrected chi connectivity index (χ0v) is 13.6. The molecule has 0 aliphatic heterocycles. The predicted octanol–water partition coefficient (Wildman–Crippen LogP) is 2.62. The monoisotopic (exact) mass is 291 g/mol. The number of nitrogens with zero attached hydrogens (tertiary/aromatic N) is 1. The van der Waals surface area contributed by atoms with E-state index in [0.29, 0.717) is 12.5 Å². The fraction of sp³-hybridized carbons (Fsp3) is 0.588. The SMILES string of the molecule is CCCCN(Cc1ccc(CC(=O)NN)cc1)C(C)CC. The minimum absolute atomic E-state index is 0.160. The van der Waals surface area contributed by atoms with E-state index in [9.17, 15) is 4.79 Å². The van der Waals surface area contributed by atoms with E-state index in [1.54, 1.807) is 0 Å². The number of benzene rings is 1. The molecule has 1 rings (SSSR count). The molecule has 21 heavy (non-hydrogen) atoms. The Labute approximate surface area is 128 Å². The Morgan fingerprint density at radius 1 is 1.24 bits per heavy atom. The van der Waals surface area contributed by atoms with Gasteiger partial charge in [-0.2, -0.15) is 0 Å². The van der Waals surface area contributed by atoms with Crippen molar-refractivity contribution < 1.29 is 4.79 Å². The van der Waals surface area contributed by atoms with E-state index < -0.39 is 0 Å². The topological polar surface area (TPSA) is 58.4 Å². The Morgan fingerprint density at radius 2 is 1.86 bits per heavy atom. The molecule has 0 saturated heterocycles. The Bertz CT molecular complexity index is 417. The van der Waals surface area contributed by atoms with Crippen molar-refractivity contribution in [1.82, 2.24) is 10.3 Å². The number of hydrogen-bond acceptors (Lipinski definition) is 3. The summed E-state index contributed by atoms with van der Waals surface area (Å²) in [4.78, 5) is 13.8. The molecule has 0 aliphatic carbocycles. The lowest BCUT2D eigenvalue weighted by Gasteiger charge is -2.28. The van der Waals surface area contributed by atoms with Gasteiger partial charge in [0.05, 0.1) is 6.42 Å². The van der Waals surface area contributed by atoms with E-state index in [2.05, 4.69) is 43.2 Å². The van der Waals surface area contributed by atoms with Gasteiger partial charge in [0.1, 0.15) is 0 Å². The molecule has 1 aromatic rings.